The van der Waals surface area contributed by atoms with Gasteiger partial charge in [0.05, 0.1) is 6.54 Å². The van der Waals surface area contributed by atoms with Gasteiger partial charge in [0, 0.05) is 54.7 Å². The molecule has 0 unspecified atom stereocenters. The van der Waals surface area contributed by atoms with Crippen molar-refractivity contribution in [2.45, 2.75) is 45.6 Å². The molecule has 4 rings (SSSR count). The van der Waals surface area contributed by atoms with Crippen LogP contribution in [0.25, 0.3) is 0 Å². The Balaban J connectivity index is 1.36. The highest BCUT2D eigenvalue weighted by molar-refractivity contribution is 5.99. The maximum Gasteiger partial charge on any atom is 0.254 e. The van der Waals surface area contributed by atoms with Crippen molar-refractivity contribution in [3.8, 4) is 0 Å². The van der Waals surface area contributed by atoms with Gasteiger partial charge < -0.3 is 9.47 Å². The molecule has 2 fully saturated rings. The van der Waals surface area contributed by atoms with Crippen LogP contribution in [-0.2, 0) is 0 Å². The van der Waals surface area contributed by atoms with E-state index in [1.807, 2.05) is 13.0 Å². The van der Waals surface area contributed by atoms with E-state index < -0.39 is 11.6 Å². The molecule has 1 aromatic carbocycles. The quantitative estimate of drug-likeness (QED) is 0.671. The van der Waals surface area contributed by atoms with Gasteiger partial charge >= 0.3 is 0 Å². The molecule has 2 aromatic rings. The minimum Gasteiger partial charge on any atom is -0.345 e. The maximum atomic E-state index is 13.4. The fraction of sp³-hybridized carbons (Fsp3) is 0.500. The molecule has 0 atom stereocenters. The van der Waals surface area contributed by atoms with Crippen molar-refractivity contribution in [2.75, 3.05) is 32.7 Å². The third-order valence-corrected chi connectivity index (χ3v) is 6.67. The van der Waals surface area contributed by atoms with E-state index in [9.17, 15) is 18.4 Å². The third-order valence-electron chi connectivity index (χ3n) is 6.67. The average Bonchev–Trinajstić information content (AvgIpc) is 3.37. The monoisotopic (exact) mass is 429 g/mol. The number of nitrogens with zero attached hydrogens (tertiary/aromatic N) is 3. The van der Waals surface area contributed by atoms with Crippen molar-refractivity contribution >= 4 is 11.7 Å². The molecular weight excluding hydrogens is 400 g/mol. The Labute approximate surface area is 181 Å². The molecule has 0 spiro atoms. The Morgan fingerprint density at radius 3 is 2.29 bits per heavy atom. The summed E-state index contributed by atoms with van der Waals surface area (Å²) in [6, 6.07) is 5.73. The molecule has 0 N–H and O–H groups in total. The number of aromatic nitrogens is 1. The first-order valence-corrected chi connectivity index (χ1v) is 11.0. The first-order chi connectivity index (χ1) is 14.8. The van der Waals surface area contributed by atoms with Gasteiger partial charge in [-0.1, -0.05) is 12.8 Å². The van der Waals surface area contributed by atoms with Crippen LogP contribution in [-0.4, -0.2) is 58.8 Å². The molecule has 5 nitrogen and oxygen atoms in total. The lowest BCUT2D eigenvalue weighted by molar-refractivity contribution is 0.0623. The summed E-state index contributed by atoms with van der Waals surface area (Å²) in [6.07, 6.45) is 4.85. The Kier molecular flexibility index (Phi) is 6.23. The molecule has 0 radical (unpaired) electrons. The number of hydrogen-bond acceptors (Lipinski definition) is 3. The van der Waals surface area contributed by atoms with E-state index in [-0.39, 0.29) is 17.3 Å². The fourth-order valence-electron chi connectivity index (χ4n) is 4.99. The second-order valence-corrected chi connectivity index (χ2v) is 8.71. The zero-order chi connectivity index (χ0) is 22.1. The van der Waals surface area contributed by atoms with E-state index in [1.165, 1.54) is 31.7 Å². The number of aryl methyl sites for hydroxylation is 1. The molecule has 2 heterocycles. The van der Waals surface area contributed by atoms with Gasteiger partial charge in [0.2, 0.25) is 0 Å². The van der Waals surface area contributed by atoms with Crippen molar-refractivity contribution in [1.29, 1.82) is 0 Å². The molecule has 7 heteroatoms. The van der Waals surface area contributed by atoms with Crippen molar-refractivity contribution in [3.63, 3.8) is 0 Å². The largest absolute Gasteiger partial charge is 0.345 e. The summed E-state index contributed by atoms with van der Waals surface area (Å²) in [5.74, 6) is -2.19. The van der Waals surface area contributed by atoms with Gasteiger partial charge in [-0.25, -0.2) is 8.78 Å². The third kappa shape index (κ3) is 4.42. The van der Waals surface area contributed by atoms with Crippen LogP contribution in [0.5, 0.6) is 0 Å². The Morgan fingerprint density at radius 2 is 1.65 bits per heavy atom. The summed E-state index contributed by atoms with van der Waals surface area (Å²) in [7, 11) is 0. The number of carbonyl (C=O) groups is 2. The summed E-state index contributed by atoms with van der Waals surface area (Å²) < 4.78 is 28.9. The van der Waals surface area contributed by atoms with Gasteiger partial charge in [-0.3, -0.25) is 14.5 Å². The summed E-state index contributed by atoms with van der Waals surface area (Å²) in [5, 5.41) is 0. The molecule has 1 aliphatic carbocycles. The number of amides is 1. The number of ketones is 1. The lowest BCUT2D eigenvalue weighted by atomic mass is 10.1. The van der Waals surface area contributed by atoms with Crippen LogP contribution in [0.3, 0.4) is 0 Å². The van der Waals surface area contributed by atoms with Gasteiger partial charge in [0.25, 0.3) is 5.91 Å². The van der Waals surface area contributed by atoms with E-state index in [4.69, 9.17) is 0 Å². The number of Topliss-reactive ketones (excluding diaryl/α,β-unsaturated/α-hetero) is 1. The number of benzene rings is 1. The van der Waals surface area contributed by atoms with Crippen LogP contribution in [0.1, 0.15) is 63.8 Å². The second-order valence-electron chi connectivity index (χ2n) is 8.71. The molecule has 2 aliphatic rings. The van der Waals surface area contributed by atoms with Crippen molar-refractivity contribution in [1.82, 2.24) is 14.4 Å². The molecular formula is C24H29F2N3O2. The summed E-state index contributed by atoms with van der Waals surface area (Å²) in [5.41, 5.74) is 3.14. The van der Waals surface area contributed by atoms with Crippen molar-refractivity contribution < 1.29 is 18.4 Å². The lowest BCUT2D eigenvalue weighted by Crippen LogP contribution is -2.50. The van der Waals surface area contributed by atoms with Crippen LogP contribution in [0.15, 0.2) is 24.3 Å². The Hall–Kier alpha value is -2.54. The minimum absolute atomic E-state index is 0.109. The average molecular weight is 430 g/mol. The first-order valence-electron chi connectivity index (χ1n) is 11.0. The first kappa shape index (κ1) is 21.7. The number of hydrogen-bond donors (Lipinski definition) is 0. The highest BCUT2D eigenvalue weighted by Crippen LogP contribution is 2.33. The van der Waals surface area contributed by atoms with Crippen molar-refractivity contribution in [2.24, 2.45) is 0 Å². The van der Waals surface area contributed by atoms with E-state index in [1.54, 1.807) is 4.90 Å². The topological polar surface area (TPSA) is 45.6 Å². The Morgan fingerprint density at radius 1 is 0.968 bits per heavy atom. The predicted octanol–water partition coefficient (Wildman–Crippen LogP) is 4.14. The SMILES string of the molecule is Cc1cc(C(=O)CN2CCN(C(=O)c3ccc(F)c(F)c3)CC2)c(C)n1C1CCCC1. The van der Waals surface area contributed by atoms with Crippen LogP contribution >= 0.6 is 0 Å². The molecule has 1 aliphatic heterocycles. The lowest BCUT2D eigenvalue weighted by Gasteiger charge is -2.34. The zero-order valence-electron chi connectivity index (χ0n) is 18.2. The van der Waals surface area contributed by atoms with Gasteiger partial charge in [0.1, 0.15) is 0 Å². The van der Waals surface area contributed by atoms with Crippen molar-refractivity contribution in [3.05, 3.63) is 58.4 Å². The smallest absolute Gasteiger partial charge is 0.254 e. The van der Waals surface area contributed by atoms with Crippen LogP contribution < -0.4 is 0 Å². The van der Waals surface area contributed by atoms with Gasteiger partial charge in [-0.05, 0) is 51.0 Å². The zero-order valence-corrected chi connectivity index (χ0v) is 18.2. The fourth-order valence-corrected chi connectivity index (χ4v) is 4.99. The van der Waals surface area contributed by atoms with E-state index in [0.717, 1.165) is 29.1 Å². The molecule has 1 amide bonds. The Bertz CT molecular complexity index is 987. The summed E-state index contributed by atoms with van der Waals surface area (Å²) in [6.45, 7) is 6.48. The van der Waals surface area contributed by atoms with Crippen LogP contribution in [0.2, 0.25) is 0 Å². The summed E-state index contributed by atoms with van der Waals surface area (Å²) >= 11 is 0. The standard InChI is InChI=1S/C24H29F2N3O2/c1-16-13-20(17(2)29(16)19-5-3-4-6-19)23(30)15-27-9-11-28(12-10-27)24(31)18-7-8-21(25)22(26)14-18/h7-8,13-14,19H,3-6,9-12,15H2,1-2H3. The van der Waals surface area contributed by atoms with Gasteiger partial charge in [0.15, 0.2) is 17.4 Å². The predicted molar refractivity (Wildman–Crippen MR) is 114 cm³/mol. The van der Waals surface area contributed by atoms with Crippen LogP contribution in [0.4, 0.5) is 8.78 Å². The van der Waals surface area contributed by atoms with Crippen LogP contribution in [0, 0.1) is 25.5 Å². The van der Waals surface area contributed by atoms with E-state index >= 15 is 0 Å². The van der Waals surface area contributed by atoms with E-state index in [2.05, 4.69) is 16.4 Å². The number of halogens is 2. The molecule has 1 aromatic heterocycles. The normalized spacial score (nSPS) is 18.0. The molecule has 1 saturated carbocycles. The minimum atomic E-state index is -1.02. The number of rotatable bonds is 5. The maximum absolute atomic E-state index is 13.4. The molecule has 0 bridgehead atoms. The summed E-state index contributed by atoms with van der Waals surface area (Å²) in [4.78, 5) is 29.3. The molecule has 1 saturated heterocycles. The number of carbonyl (C=O) groups excluding carboxylic acids is 2. The highest BCUT2D eigenvalue weighted by atomic mass is 19.2. The highest BCUT2D eigenvalue weighted by Gasteiger charge is 2.27. The molecule has 31 heavy (non-hydrogen) atoms. The van der Waals surface area contributed by atoms with Gasteiger partial charge in [-0.15, -0.1) is 0 Å². The van der Waals surface area contributed by atoms with Gasteiger partial charge in [-0.2, -0.15) is 0 Å². The molecule has 166 valence electrons. The second kappa shape index (κ2) is 8.91. The number of piperazine rings is 1. The van der Waals surface area contributed by atoms with E-state index in [0.29, 0.717) is 38.8 Å².